The first-order valence-corrected chi connectivity index (χ1v) is 10.3. The van der Waals surface area contributed by atoms with Gasteiger partial charge in [-0.3, -0.25) is 4.68 Å². The number of aromatic nitrogens is 2. The van der Waals surface area contributed by atoms with Crippen molar-refractivity contribution in [1.82, 2.24) is 9.78 Å². The van der Waals surface area contributed by atoms with Gasteiger partial charge in [0, 0.05) is 38.4 Å². The first kappa shape index (κ1) is 24.2. The Morgan fingerprint density at radius 1 is 0.667 bits per heavy atom. The number of benzene rings is 1. The fourth-order valence-corrected chi connectivity index (χ4v) is 3.91. The Balaban J connectivity index is 0.00000364. The van der Waals surface area contributed by atoms with Crippen molar-refractivity contribution < 1.29 is 21.1 Å². The van der Waals surface area contributed by atoms with Crippen LogP contribution in [0.4, 0.5) is 0 Å². The van der Waals surface area contributed by atoms with Gasteiger partial charge in [0.1, 0.15) is 0 Å². The van der Waals surface area contributed by atoms with Gasteiger partial charge >= 0.3 is 0 Å². The molecule has 27 heavy (non-hydrogen) atoms. The van der Waals surface area contributed by atoms with Gasteiger partial charge in [0.25, 0.3) is 0 Å². The molecular formula is C24H38N2Pt. The quantitative estimate of drug-likeness (QED) is 0.362. The van der Waals surface area contributed by atoms with Gasteiger partial charge in [0.2, 0.25) is 0 Å². The Kier molecular flexibility index (Phi) is 8.54. The smallest absolute Gasteiger partial charge is 0.0731 e. The van der Waals surface area contributed by atoms with Gasteiger partial charge in [-0.25, -0.2) is 0 Å². The molecule has 3 heteroatoms. The zero-order chi connectivity index (χ0) is 19.8. The van der Waals surface area contributed by atoms with Gasteiger partial charge in [-0.1, -0.05) is 73.6 Å². The van der Waals surface area contributed by atoms with E-state index in [4.69, 9.17) is 5.10 Å². The van der Waals surface area contributed by atoms with E-state index < -0.39 is 0 Å². The molecule has 1 heterocycles. The predicted molar refractivity (Wildman–Crippen MR) is 114 cm³/mol. The molecule has 0 amide bonds. The molecule has 0 aliphatic rings. The molecule has 0 aliphatic heterocycles. The summed E-state index contributed by atoms with van der Waals surface area (Å²) >= 11 is 0. The Bertz CT molecular complexity index is 726. The van der Waals surface area contributed by atoms with Crippen LogP contribution in [0.2, 0.25) is 0 Å². The van der Waals surface area contributed by atoms with Gasteiger partial charge in [0.05, 0.1) is 5.69 Å². The summed E-state index contributed by atoms with van der Waals surface area (Å²) in [5, 5.41) is 5.12. The second kappa shape index (κ2) is 9.55. The van der Waals surface area contributed by atoms with Gasteiger partial charge in [-0.2, -0.15) is 5.10 Å². The zero-order valence-electron chi connectivity index (χ0n) is 18.8. The van der Waals surface area contributed by atoms with Gasteiger partial charge in [-0.15, -0.1) is 0 Å². The number of hydrogen-bond acceptors (Lipinski definition) is 1. The van der Waals surface area contributed by atoms with E-state index in [1.54, 1.807) is 0 Å². The van der Waals surface area contributed by atoms with Crippen LogP contribution in [0.3, 0.4) is 0 Å². The van der Waals surface area contributed by atoms with Gasteiger partial charge in [-0.05, 0) is 54.2 Å². The van der Waals surface area contributed by atoms with Crippen LogP contribution in [0.15, 0.2) is 18.2 Å². The van der Waals surface area contributed by atoms with E-state index in [1.165, 1.54) is 33.6 Å². The first-order valence-electron chi connectivity index (χ1n) is 10.3. The summed E-state index contributed by atoms with van der Waals surface area (Å²) in [6.07, 6.45) is 0. The molecule has 0 spiro atoms. The summed E-state index contributed by atoms with van der Waals surface area (Å²) in [6, 6.07) is 7.22. The van der Waals surface area contributed by atoms with Crippen molar-refractivity contribution in [2.75, 3.05) is 0 Å². The van der Waals surface area contributed by atoms with Crippen molar-refractivity contribution in [2.24, 2.45) is 0 Å². The molecule has 0 saturated heterocycles. The molecule has 1 aromatic carbocycles. The van der Waals surface area contributed by atoms with Crippen LogP contribution >= 0.6 is 0 Å². The Morgan fingerprint density at radius 3 is 1.48 bits per heavy atom. The maximum Gasteiger partial charge on any atom is 0.0731 e. The van der Waals surface area contributed by atoms with Crippen molar-refractivity contribution in [3.63, 3.8) is 0 Å². The molecule has 0 aliphatic carbocycles. The summed E-state index contributed by atoms with van der Waals surface area (Å²) in [7, 11) is 0. The van der Waals surface area contributed by atoms with Crippen molar-refractivity contribution in [2.45, 2.75) is 99.0 Å². The molecule has 2 nitrogen and oxygen atoms in total. The number of nitrogens with zero attached hydrogens (tertiary/aromatic N) is 2. The average Bonchev–Trinajstić information content (AvgIpc) is 2.94. The van der Waals surface area contributed by atoms with Crippen LogP contribution in [0.1, 0.15) is 121 Å². The molecule has 0 unspecified atom stereocenters. The first-order chi connectivity index (χ1) is 12.1. The van der Waals surface area contributed by atoms with Crippen molar-refractivity contribution in [3.05, 3.63) is 40.7 Å². The minimum atomic E-state index is 0. The van der Waals surface area contributed by atoms with Crippen LogP contribution in [0.25, 0.3) is 11.1 Å². The van der Waals surface area contributed by atoms with E-state index >= 15 is 0 Å². The third-order valence-corrected chi connectivity index (χ3v) is 5.18. The van der Waals surface area contributed by atoms with E-state index in [0.717, 1.165) is 0 Å². The SMILES string of the molecule is CC(C)c1cccc(C(C)C)c1-c1c(C(C)C)nn(C(C)C)c1C(C)C.[Pt]. The van der Waals surface area contributed by atoms with E-state index in [0.29, 0.717) is 29.7 Å². The fourth-order valence-electron chi connectivity index (χ4n) is 3.91. The minimum absolute atomic E-state index is 0. The Hall–Kier alpha value is -0.882. The fraction of sp³-hybridized carbons (Fsp3) is 0.625. The molecule has 0 radical (unpaired) electrons. The number of hydrogen-bond donors (Lipinski definition) is 0. The molecule has 2 aromatic rings. The maximum atomic E-state index is 5.12. The number of rotatable bonds is 6. The van der Waals surface area contributed by atoms with Crippen LogP contribution in [0, 0.1) is 0 Å². The van der Waals surface area contributed by atoms with E-state index in [9.17, 15) is 0 Å². The molecule has 0 N–H and O–H groups in total. The van der Waals surface area contributed by atoms with Gasteiger partial charge < -0.3 is 0 Å². The summed E-state index contributed by atoms with van der Waals surface area (Å²) in [5.74, 6) is 1.83. The third-order valence-electron chi connectivity index (χ3n) is 5.18. The van der Waals surface area contributed by atoms with Gasteiger partial charge in [0.15, 0.2) is 0 Å². The summed E-state index contributed by atoms with van der Waals surface area (Å²) in [4.78, 5) is 0. The normalized spacial score (nSPS) is 12.0. The Labute approximate surface area is 181 Å². The third kappa shape index (κ3) is 4.76. The summed E-state index contributed by atoms with van der Waals surface area (Å²) in [6.45, 7) is 22.9. The van der Waals surface area contributed by atoms with Crippen LogP contribution < -0.4 is 0 Å². The molecule has 0 atom stereocenters. The summed E-state index contributed by atoms with van der Waals surface area (Å²) < 4.78 is 2.27. The minimum Gasteiger partial charge on any atom is -0.266 e. The monoisotopic (exact) mass is 549 g/mol. The summed E-state index contributed by atoms with van der Waals surface area (Å²) in [5.41, 5.74) is 8.37. The van der Waals surface area contributed by atoms with E-state index in [1.807, 2.05) is 0 Å². The molecular weight excluding hydrogens is 511 g/mol. The second-order valence-electron chi connectivity index (χ2n) is 9.11. The van der Waals surface area contributed by atoms with E-state index in [-0.39, 0.29) is 21.1 Å². The zero-order valence-corrected chi connectivity index (χ0v) is 21.1. The predicted octanol–water partition coefficient (Wildman–Crippen LogP) is 7.62. The Morgan fingerprint density at radius 2 is 1.15 bits per heavy atom. The topological polar surface area (TPSA) is 17.8 Å². The van der Waals surface area contributed by atoms with Crippen LogP contribution in [0.5, 0.6) is 0 Å². The second-order valence-corrected chi connectivity index (χ2v) is 9.11. The maximum absolute atomic E-state index is 5.12. The van der Waals surface area contributed by atoms with Crippen LogP contribution in [-0.2, 0) is 21.1 Å². The standard InChI is InChI=1S/C24H38N2.Pt/c1-14(2)19-12-11-13-20(15(3)4)21(19)22-23(16(5)6)25-26(18(9)10)24(22)17(7)8;/h11-18H,1-10H3;. The molecule has 1 aromatic heterocycles. The molecule has 0 bridgehead atoms. The van der Waals surface area contributed by atoms with Crippen molar-refractivity contribution in [3.8, 4) is 11.1 Å². The van der Waals surface area contributed by atoms with E-state index in [2.05, 4.69) is 92.1 Å². The largest absolute Gasteiger partial charge is 0.266 e. The van der Waals surface area contributed by atoms with Crippen molar-refractivity contribution >= 4 is 0 Å². The average molecular weight is 550 g/mol. The molecule has 0 fully saturated rings. The molecule has 2 rings (SSSR count). The molecule has 0 saturated carbocycles. The molecule has 154 valence electrons. The van der Waals surface area contributed by atoms with Crippen LogP contribution in [-0.4, -0.2) is 9.78 Å². The van der Waals surface area contributed by atoms with Crippen molar-refractivity contribution in [1.29, 1.82) is 0 Å².